The van der Waals surface area contributed by atoms with Crippen molar-refractivity contribution in [1.82, 2.24) is 9.99 Å². The van der Waals surface area contributed by atoms with Crippen molar-refractivity contribution >= 4 is 39.0 Å². The molecule has 0 aliphatic heterocycles. The van der Waals surface area contributed by atoms with E-state index in [0.29, 0.717) is 5.75 Å². The number of para-hydroxylation sites is 1. The molecular weight excluding hydrogens is 442 g/mol. The Kier molecular flexibility index (Phi) is 5.95. The number of ether oxygens (including phenoxy) is 1. The smallest absolute Gasteiger partial charge is 0.277 e. The zero-order chi connectivity index (χ0) is 20.9. The van der Waals surface area contributed by atoms with E-state index in [1.807, 2.05) is 49.5 Å². The first-order valence-corrected chi connectivity index (χ1v) is 10.3. The number of hydrazone groups is 1. The van der Waals surface area contributed by atoms with Gasteiger partial charge in [-0.25, -0.2) is 5.43 Å². The molecule has 0 saturated carbocycles. The van der Waals surface area contributed by atoms with Crippen LogP contribution in [0.2, 0.25) is 0 Å². The van der Waals surface area contributed by atoms with Crippen molar-refractivity contribution in [2.45, 2.75) is 0 Å². The Labute approximate surface area is 183 Å². The molecule has 30 heavy (non-hydrogen) atoms. The molecule has 0 saturated heterocycles. The highest BCUT2D eigenvalue weighted by molar-refractivity contribution is 9.10. The maximum Gasteiger partial charge on any atom is 0.277 e. The van der Waals surface area contributed by atoms with E-state index in [1.165, 1.54) is 0 Å². The fourth-order valence-corrected chi connectivity index (χ4v) is 3.78. The molecular formula is C24H20BrN3O2. The van der Waals surface area contributed by atoms with Gasteiger partial charge in [-0.2, -0.15) is 5.10 Å². The number of rotatable bonds is 6. The summed E-state index contributed by atoms with van der Waals surface area (Å²) in [6, 6.07) is 25.6. The minimum atomic E-state index is -0.326. The summed E-state index contributed by atoms with van der Waals surface area (Å²) in [7, 11) is 2.03. The lowest BCUT2D eigenvalue weighted by Gasteiger charge is -2.06. The summed E-state index contributed by atoms with van der Waals surface area (Å²) >= 11 is 3.38. The van der Waals surface area contributed by atoms with Crippen molar-refractivity contribution < 1.29 is 9.53 Å². The molecule has 0 bridgehead atoms. The Morgan fingerprint density at radius 3 is 2.63 bits per heavy atom. The summed E-state index contributed by atoms with van der Waals surface area (Å²) in [4.78, 5) is 12.1. The van der Waals surface area contributed by atoms with Crippen LogP contribution < -0.4 is 10.2 Å². The van der Waals surface area contributed by atoms with E-state index in [2.05, 4.69) is 55.3 Å². The van der Waals surface area contributed by atoms with Crippen molar-refractivity contribution in [3.63, 3.8) is 0 Å². The number of fused-ring (bicyclic) bond motifs is 1. The van der Waals surface area contributed by atoms with Crippen LogP contribution in [-0.2, 0) is 11.8 Å². The Morgan fingerprint density at radius 2 is 1.83 bits per heavy atom. The van der Waals surface area contributed by atoms with Crippen LogP contribution in [0.1, 0.15) is 5.56 Å². The van der Waals surface area contributed by atoms with Gasteiger partial charge in [-0.3, -0.25) is 4.79 Å². The highest BCUT2D eigenvalue weighted by Crippen LogP contribution is 2.31. The SMILES string of the molecule is Cn1c(-c2ccccc2)c(C=NNC(=O)COc2cccc(Br)c2)c2ccccc21. The summed E-state index contributed by atoms with van der Waals surface area (Å²) < 4.78 is 8.53. The van der Waals surface area contributed by atoms with Crippen LogP contribution in [0.3, 0.4) is 0 Å². The molecule has 0 unspecified atom stereocenters. The maximum atomic E-state index is 12.1. The van der Waals surface area contributed by atoms with Crippen LogP contribution in [0.25, 0.3) is 22.2 Å². The molecule has 0 radical (unpaired) electrons. The molecule has 150 valence electrons. The zero-order valence-electron chi connectivity index (χ0n) is 16.4. The molecule has 1 heterocycles. The Morgan fingerprint density at radius 1 is 1.07 bits per heavy atom. The number of halogens is 1. The first-order valence-electron chi connectivity index (χ1n) is 9.46. The molecule has 3 aromatic carbocycles. The normalized spacial score (nSPS) is 11.1. The number of amides is 1. The van der Waals surface area contributed by atoms with Gasteiger partial charge in [0.25, 0.3) is 5.91 Å². The molecule has 4 rings (SSSR count). The number of carbonyl (C=O) groups excluding carboxylic acids is 1. The quantitative estimate of drug-likeness (QED) is 0.319. The van der Waals surface area contributed by atoms with Crippen molar-refractivity contribution in [1.29, 1.82) is 0 Å². The Bertz CT molecular complexity index is 1220. The predicted octanol–water partition coefficient (Wildman–Crippen LogP) is 5.14. The first-order chi connectivity index (χ1) is 14.6. The van der Waals surface area contributed by atoms with E-state index in [4.69, 9.17) is 4.74 Å². The Balaban J connectivity index is 1.54. The van der Waals surface area contributed by atoms with Crippen molar-refractivity contribution in [2.75, 3.05) is 6.61 Å². The van der Waals surface area contributed by atoms with Gasteiger partial charge in [0.1, 0.15) is 5.75 Å². The third-order valence-corrected chi connectivity index (χ3v) is 5.24. The average Bonchev–Trinajstić information content (AvgIpc) is 3.05. The predicted molar refractivity (Wildman–Crippen MR) is 124 cm³/mol. The molecule has 0 fully saturated rings. The van der Waals surface area contributed by atoms with E-state index in [-0.39, 0.29) is 12.5 Å². The molecule has 6 heteroatoms. The van der Waals surface area contributed by atoms with Gasteiger partial charge in [-0.05, 0) is 29.8 Å². The minimum Gasteiger partial charge on any atom is -0.484 e. The van der Waals surface area contributed by atoms with Crippen LogP contribution in [0.4, 0.5) is 0 Å². The average molecular weight is 462 g/mol. The Hall–Kier alpha value is -3.38. The van der Waals surface area contributed by atoms with Crippen molar-refractivity contribution in [2.24, 2.45) is 12.1 Å². The molecule has 0 aliphatic carbocycles. The summed E-state index contributed by atoms with van der Waals surface area (Å²) in [6.07, 6.45) is 1.70. The molecule has 0 atom stereocenters. The molecule has 1 aromatic heterocycles. The number of carbonyl (C=O) groups is 1. The first kappa shape index (κ1) is 19.9. The number of nitrogens with one attached hydrogen (secondary N) is 1. The van der Waals surface area contributed by atoms with E-state index in [1.54, 1.807) is 18.3 Å². The summed E-state index contributed by atoms with van der Waals surface area (Å²) in [5.74, 6) is 0.289. The van der Waals surface area contributed by atoms with Crippen LogP contribution >= 0.6 is 15.9 Å². The largest absolute Gasteiger partial charge is 0.484 e. The highest BCUT2D eigenvalue weighted by Gasteiger charge is 2.15. The second-order valence-electron chi connectivity index (χ2n) is 6.74. The molecule has 4 aromatic rings. The summed E-state index contributed by atoms with van der Waals surface area (Å²) in [5.41, 5.74) is 6.73. The fourth-order valence-electron chi connectivity index (χ4n) is 3.41. The molecule has 0 spiro atoms. The van der Waals surface area contributed by atoms with E-state index in [9.17, 15) is 4.79 Å². The summed E-state index contributed by atoms with van der Waals surface area (Å²) in [6.45, 7) is -0.116. The lowest BCUT2D eigenvalue weighted by atomic mass is 10.1. The monoisotopic (exact) mass is 461 g/mol. The van der Waals surface area contributed by atoms with Crippen LogP contribution in [-0.4, -0.2) is 23.3 Å². The van der Waals surface area contributed by atoms with Gasteiger partial charge in [-0.1, -0.05) is 70.5 Å². The van der Waals surface area contributed by atoms with Gasteiger partial charge >= 0.3 is 0 Å². The molecule has 5 nitrogen and oxygen atoms in total. The molecule has 0 aliphatic rings. The number of aryl methyl sites for hydroxylation is 1. The number of benzene rings is 3. The van der Waals surface area contributed by atoms with Crippen LogP contribution in [0, 0.1) is 0 Å². The van der Waals surface area contributed by atoms with Gasteiger partial charge in [-0.15, -0.1) is 0 Å². The molecule has 1 amide bonds. The van der Waals surface area contributed by atoms with Gasteiger partial charge < -0.3 is 9.30 Å². The second-order valence-corrected chi connectivity index (χ2v) is 7.66. The van der Waals surface area contributed by atoms with Crippen LogP contribution in [0.15, 0.2) is 88.4 Å². The van der Waals surface area contributed by atoms with Gasteiger partial charge in [0.2, 0.25) is 0 Å². The van der Waals surface area contributed by atoms with Gasteiger partial charge in [0, 0.05) is 28.0 Å². The lowest BCUT2D eigenvalue weighted by molar-refractivity contribution is -0.123. The van der Waals surface area contributed by atoms with Crippen molar-refractivity contribution in [3.05, 3.63) is 88.9 Å². The number of hydrogen-bond donors (Lipinski definition) is 1. The zero-order valence-corrected chi connectivity index (χ0v) is 18.0. The standard InChI is InChI=1S/C24H20BrN3O2/c1-28-22-13-6-5-12-20(22)21(24(28)17-8-3-2-4-9-17)15-26-27-23(29)16-30-19-11-7-10-18(25)14-19/h2-15H,16H2,1H3,(H,27,29). The molecule has 1 N–H and O–H groups in total. The maximum absolute atomic E-state index is 12.1. The van der Waals surface area contributed by atoms with E-state index in [0.717, 1.165) is 32.2 Å². The van der Waals surface area contributed by atoms with E-state index >= 15 is 0 Å². The number of aromatic nitrogens is 1. The minimum absolute atomic E-state index is 0.116. The van der Waals surface area contributed by atoms with Gasteiger partial charge in [0.05, 0.1) is 11.9 Å². The third kappa shape index (κ3) is 4.28. The highest BCUT2D eigenvalue weighted by atomic mass is 79.9. The fraction of sp³-hybridized carbons (Fsp3) is 0.0833. The lowest BCUT2D eigenvalue weighted by Crippen LogP contribution is -2.24. The third-order valence-electron chi connectivity index (χ3n) is 4.74. The van der Waals surface area contributed by atoms with Crippen molar-refractivity contribution in [3.8, 4) is 17.0 Å². The topological polar surface area (TPSA) is 55.6 Å². The number of nitrogens with zero attached hydrogens (tertiary/aromatic N) is 2. The van der Waals surface area contributed by atoms with Crippen LogP contribution in [0.5, 0.6) is 5.75 Å². The second kappa shape index (κ2) is 8.97. The number of hydrogen-bond acceptors (Lipinski definition) is 3. The van der Waals surface area contributed by atoms with E-state index < -0.39 is 0 Å². The van der Waals surface area contributed by atoms with Gasteiger partial charge in [0.15, 0.2) is 6.61 Å². The summed E-state index contributed by atoms with van der Waals surface area (Å²) in [5, 5.41) is 5.27.